The van der Waals surface area contributed by atoms with Gasteiger partial charge in [0.25, 0.3) is 0 Å². The standard InChI is InChI=1S/C15H21NO3/c1-9-5-13(14(19-4)6-10(9)2)16(3)8-11-7-12(11)15(17)18/h5-6,11-12H,7-8H2,1-4H3,(H,17,18). The minimum Gasteiger partial charge on any atom is -0.495 e. The summed E-state index contributed by atoms with van der Waals surface area (Å²) in [5.41, 5.74) is 3.44. The van der Waals surface area contributed by atoms with Crippen molar-refractivity contribution in [2.24, 2.45) is 11.8 Å². The summed E-state index contributed by atoms with van der Waals surface area (Å²) in [7, 11) is 3.66. The summed E-state index contributed by atoms with van der Waals surface area (Å²) in [6.45, 7) is 4.89. The highest BCUT2D eigenvalue weighted by molar-refractivity contribution is 5.73. The minimum atomic E-state index is -0.676. The largest absolute Gasteiger partial charge is 0.495 e. The lowest BCUT2D eigenvalue weighted by molar-refractivity contribution is -0.138. The highest BCUT2D eigenvalue weighted by atomic mass is 16.5. The van der Waals surface area contributed by atoms with Crippen molar-refractivity contribution in [3.05, 3.63) is 23.3 Å². The molecule has 0 saturated heterocycles. The molecule has 4 heteroatoms. The van der Waals surface area contributed by atoms with Crippen molar-refractivity contribution in [2.75, 3.05) is 25.6 Å². The Morgan fingerprint density at radius 2 is 2.05 bits per heavy atom. The zero-order valence-electron chi connectivity index (χ0n) is 11.9. The fraction of sp³-hybridized carbons (Fsp3) is 0.533. The van der Waals surface area contributed by atoms with Crippen LogP contribution >= 0.6 is 0 Å². The highest BCUT2D eigenvalue weighted by Gasteiger charge is 2.43. The number of carbonyl (C=O) groups is 1. The normalized spacial score (nSPS) is 21.1. The number of aliphatic carboxylic acids is 1. The van der Waals surface area contributed by atoms with E-state index in [1.807, 2.05) is 13.1 Å². The van der Waals surface area contributed by atoms with Crippen LogP contribution in [0.25, 0.3) is 0 Å². The number of nitrogens with zero attached hydrogens (tertiary/aromatic N) is 1. The predicted molar refractivity (Wildman–Crippen MR) is 75.0 cm³/mol. The summed E-state index contributed by atoms with van der Waals surface area (Å²) < 4.78 is 5.42. The van der Waals surface area contributed by atoms with Crippen LogP contribution in [-0.2, 0) is 4.79 Å². The molecule has 1 fully saturated rings. The maximum absolute atomic E-state index is 10.9. The Hall–Kier alpha value is -1.71. The third kappa shape index (κ3) is 2.83. The molecule has 2 rings (SSSR count). The van der Waals surface area contributed by atoms with Gasteiger partial charge < -0.3 is 14.7 Å². The molecule has 1 aliphatic rings. The zero-order valence-corrected chi connectivity index (χ0v) is 11.9. The molecule has 0 heterocycles. The second-order valence-corrected chi connectivity index (χ2v) is 5.43. The summed E-state index contributed by atoms with van der Waals surface area (Å²) in [4.78, 5) is 13.0. The highest BCUT2D eigenvalue weighted by Crippen LogP contribution is 2.41. The number of aryl methyl sites for hydroxylation is 2. The number of benzene rings is 1. The Balaban J connectivity index is 2.13. The van der Waals surface area contributed by atoms with Crippen molar-refractivity contribution in [3.8, 4) is 5.75 Å². The van der Waals surface area contributed by atoms with E-state index in [0.717, 1.165) is 24.4 Å². The van der Waals surface area contributed by atoms with Gasteiger partial charge in [0.05, 0.1) is 18.7 Å². The van der Waals surface area contributed by atoms with Gasteiger partial charge in [0, 0.05) is 13.6 Å². The Morgan fingerprint density at radius 3 is 2.58 bits per heavy atom. The summed E-state index contributed by atoms with van der Waals surface area (Å²) in [5, 5.41) is 8.95. The fourth-order valence-electron chi connectivity index (χ4n) is 2.44. The molecule has 0 amide bonds. The third-order valence-electron chi connectivity index (χ3n) is 3.95. The van der Waals surface area contributed by atoms with Crippen molar-refractivity contribution in [1.29, 1.82) is 0 Å². The Bertz CT molecular complexity index is 498. The first-order valence-corrected chi connectivity index (χ1v) is 6.53. The lowest BCUT2D eigenvalue weighted by Gasteiger charge is -2.23. The topological polar surface area (TPSA) is 49.8 Å². The number of anilines is 1. The van der Waals surface area contributed by atoms with Crippen LogP contribution in [0, 0.1) is 25.7 Å². The van der Waals surface area contributed by atoms with Gasteiger partial charge in [0.15, 0.2) is 0 Å². The molecule has 2 unspecified atom stereocenters. The zero-order chi connectivity index (χ0) is 14.2. The molecule has 1 aromatic rings. The summed E-state index contributed by atoms with van der Waals surface area (Å²) >= 11 is 0. The number of hydrogen-bond acceptors (Lipinski definition) is 3. The number of hydrogen-bond donors (Lipinski definition) is 1. The predicted octanol–water partition coefficient (Wildman–Crippen LogP) is 2.47. The molecule has 1 N–H and O–H groups in total. The summed E-state index contributed by atoms with van der Waals surface area (Å²) in [6.07, 6.45) is 0.785. The molecule has 1 aromatic carbocycles. The summed E-state index contributed by atoms with van der Waals surface area (Å²) in [6, 6.07) is 4.13. The minimum absolute atomic E-state index is 0.167. The molecule has 104 valence electrons. The second-order valence-electron chi connectivity index (χ2n) is 5.43. The molecule has 4 nitrogen and oxygen atoms in total. The molecule has 0 radical (unpaired) electrons. The molecular formula is C15H21NO3. The van der Waals surface area contributed by atoms with Crippen LogP contribution in [0.15, 0.2) is 12.1 Å². The molecule has 0 aromatic heterocycles. The SMILES string of the molecule is COc1cc(C)c(C)cc1N(C)CC1CC1C(=O)O. The van der Waals surface area contributed by atoms with E-state index in [1.165, 1.54) is 11.1 Å². The van der Waals surface area contributed by atoms with Crippen molar-refractivity contribution in [1.82, 2.24) is 0 Å². The van der Waals surface area contributed by atoms with Gasteiger partial charge in [0.1, 0.15) is 5.75 Å². The molecular weight excluding hydrogens is 242 g/mol. The van der Waals surface area contributed by atoms with Gasteiger partial charge in [-0.05, 0) is 49.4 Å². The van der Waals surface area contributed by atoms with Crippen LogP contribution in [0.5, 0.6) is 5.75 Å². The molecule has 1 aliphatic carbocycles. The first-order chi connectivity index (χ1) is 8.93. The lowest BCUT2D eigenvalue weighted by atomic mass is 10.1. The van der Waals surface area contributed by atoms with Crippen LogP contribution < -0.4 is 9.64 Å². The van der Waals surface area contributed by atoms with E-state index in [4.69, 9.17) is 9.84 Å². The van der Waals surface area contributed by atoms with E-state index in [-0.39, 0.29) is 11.8 Å². The maximum atomic E-state index is 10.9. The van der Waals surface area contributed by atoms with Crippen LogP contribution in [0.1, 0.15) is 17.5 Å². The average molecular weight is 263 g/mol. The Kier molecular flexibility index (Phi) is 3.69. The van der Waals surface area contributed by atoms with E-state index in [2.05, 4.69) is 24.8 Å². The number of rotatable bonds is 5. The van der Waals surface area contributed by atoms with Gasteiger partial charge in [-0.1, -0.05) is 0 Å². The smallest absolute Gasteiger partial charge is 0.306 e. The molecule has 0 bridgehead atoms. The molecule has 0 aliphatic heterocycles. The van der Waals surface area contributed by atoms with E-state index in [9.17, 15) is 4.79 Å². The molecule has 19 heavy (non-hydrogen) atoms. The molecule has 2 atom stereocenters. The molecule has 1 saturated carbocycles. The van der Waals surface area contributed by atoms with Gasteiger partial charge in [-0.3, -0.25) is 4.79 Å². The number of ether oxygens (including phenoxy) is 1. The second kappa shape index (κ2) is 5.11. The van der Waals surface area contributed by atoms with E-state index < -0.39 is 5.97 Å². The number of carboxylic acids is 1. The van der Waals surface area contributed by atoms with Crippen molar-refractivity contribution in [3.63, 3.8) is 0 Å². The van der Waals surface area contributed by atoms with Crippen LogP contribution in [0.2, 0.25) is 0 Å². The van der Waals surface area contributed by atoms with Gasteiger partial charge in [-0.25, -0.2) is 0 Å². The van der Waals surface area contributed by atoms with E-state index in [1.54, 1.807) is 7.11 Å². The van der Waals surface area contributed by atoms with Gasteiger partial charge in [-0.2, -0.15) is 0 Å². The lowest BCUT2D eigenvalue weighted by Crippen LogP contribution is -2.22. The Labute approximate surface area is 114 Å². The van der Waals surface area contributed by atoms with Crippen molar-refractivity contribution >= 4 is 11.7 Å². The van der Waals surface area contributed by atoms with Gasteiger partial charge in [0.2, 0.25) is 0 Å². The van der Waals surface area contributed by atoms with Crippen LogP contribution in [-0.4, -0.2) is 31.8 Å². The monoisotopic (exact) mass is 263 g/mol. The van der Waals surface area contributed by atoms with E-state index in [0.29, 0.717) is 0 Å². The first kappa shape index (κ1) is 13.7. The maximum Gasteiger partial charge on any atom is 0.306 e. The number of carboxylic acid groups (broad SMARTS) is 1. The van der Waals surface area contributed by atoms with Crippen LogP contribution in [0.3, 0.4) is 0 Å². The number of methoxy groups -OCH3 is 1. The fourth-order valence-corrected chi connectivity index (χ4v) is 2.44. The van der Waals surface area contributed by atoms with Gasteiger partial charge >= 0.3 is 5.97 Å². The van der Waals surface area contributed by atoms with Crippen LogP contribution in [0.4, 0.5) is 5.69 Å². The quantitative estimate of drug-likeness (QED) is 0.886. The van der Waals surface area contributed by atoms with Gasteiger partial charge in [-0.15, -0.1) is 0 Å². The Morgan fingerprint density at radius 1 is 1.42 bits per heavy atom. The molecule has 0 spiro atoms. The third-order valence-corrected chi connectivity index (χ3v) is 3.95. The first-order valence-electron chi connectivity index (χ1n) is 6.53. The van der Waals surface area contributed by atoms with Crippen molar-refractivity contribution < 1.29 is 14.6 Å². The summed E-state index contributed by atoms with van der Waals surface area (Å²) in [5.74, 6) is 0.261. The van der Waals surface area contributed by atoms with Crippen molar-refractivity contribution in [2.45, 2.75) is 20.3 Å². The van der Waals surface area contributed by atoms with E-state index >= 15 is 0 Å². The average Bonchev–Trinajstić information content (AvgIpc) is 3.11.